The van der Waals surface area contributed by atoms with Gasteiger partial charge in [-0.1, -0.05) is 177 Å². The third kappa shape index (κ3) is 49.0. The van der Waals surface area contributed by atoms with Gasteiger partial charge in [0, 0.05) is 12.8 Å². The van der Waals surface area contributed by atoms with E-state index in [2.05, 4.69) is 74.6 Å². The molecule has 0 amide bonds. The molecular weight excluding hydrogens is 810 g/mol. The van der Waals surface area contributed by atoms with Crippen molar-refractivity contribution in [1.29, 1.82) is 0 Å². The number of likely N-dealkylation sites (N-methyl/N-ethyl adjacent to an activating group) is 1. The maximum absolute atomic E-state index is 12.7. The Hall–Kier alpha value is -2.29. The number of allylic oxidation sites excluding steroid dienone is 10. The number of phosphoric ester groups is 1. The maximum Gasteiger partial charge on any atom is 0.306 e. The van der Waals surface area contributed by atoms with Crippen molar-refractivity contribution < 1.29 is 42.1 Å². The molecule has 0 aromatic heterocycles. The van der Waals surface area contributed by atoms with E-state index in [0.29, 0.717) is 17.4 Å². The molecule has 0 aromatic carbocycles. The highest BCUT2D eigenvalue weighted by Gasteiger charge is 2.21. The number of hydrogen-bond donors (Lipinski definition) is 0. The van der Waals surface area contributed by atoms with E-state index in [1.165, 1.54) is 89.9 Å². The largest absolute Gasteiger partial charge is 0.756 e. The molecule has 0 rings (SSSR count). The molecule has 9 nitrogen and oxygen atoms in total. The lowest BCUT2D eigenvalue weighted by molar-refractivity contribution is -0.870. The molecule has 0 N–H and O–H groups in total. The summed E-state index contributed by atoms with van der Waals surface area (Å²) in [4.78, 5) is 37.7. The monoisotopic (exact) mass is 906 g/mol. The van der Waals surface area contributed by atoms with E-state index in [0.717, 1.165) is 89.9 Å². The molecule has 0 saturated heterocycles. The minimum Gasteiger partial charge on any atom is -0.756 e. The van der Waals surface area contributed by atoms with Crippen LogP contribution in [0.25, 0.3) is 0 Å². The maximum atomic E-state index is 12.7. The number of hydrogen-bond acceptors (Lipinski definition) is 8. The standard InChI is InChI=1S/C53H96NO8P/c1-6-8-10-12-14-16-18-20-22-24-26-27-28-30-32-34-36-38-40-42-44-46-53(56)62-51(50-61-63(57,58)60-48-47-54(3,4)5)49-59-52(55)45-43-41-39-37-35-33-31-29-25-23-21-19-17-15-13-11-9-7-2/h17-20,23-26,28,30,51H,6-16,21-22,27,29,31-50H2,1-5H3/b19-17-,20-18-,25-23-,26-24-,30-28-. The Bertz CT molecular complexity index is 1250. The first kappa shape index (κ1) is 60.7. The Balaban J connectivity index is 4.32. The summed E-state index contributed by atoms with van der Waals surface area (Å²) in [7, 11) is 1.15. The molecule has 0 aliphatic rings. The second-order valence-electron chi connectivity index (χ2n) is 18.2. The number of unbranched alkanes of at least 4 members (excludes halogenated alkanes) is 22. The van der Waals surface area contributed by atoms with Crippen LogP contribution in [0, 0.1) is 0 Å². The highest BCUT2D eigenvalue weighted by Crippen LogP contribution is 2.38. The first-order chi connectivity index (χ1) is 30.5. The van der Waals surface area contributed by atoms with Crippen molar-refractivity contribution in [3.63, 3.8) is 0 Å². The van der Waals surface area contributed by atoms with E-state index >= 15 is 0 Å². The number of carbonyl (C=O) groups excluding carboxylic acids is 2. The van der Waals surface area contributed by atoms with Crippen molar-refractivity contribution in [1.82, 2.24) is 0 Å². The van der Waals surface area contributed by atoms with Gasteiger partial charge in [-0.15, -0.1) is 0 Å². The molecule has 0 fully saturated rings. The number of quaternary nitrogens is 1. The molecule has 10 heteroatoms. The SMILES string of the molecule is CCCCCC/C=C\C/C=C\CCCCCCCCCC(=O)OCC(COP(=O)([O-])OCC[N+](C)(C)C)OC(=O)CCCCCCCC/C=C\C/C=C\C/C=C\CCCCCCC. The Kier molecular flexibility index (Phi) is 43.3. The van der Waals surface area contributed by atoms with Gasteiger partial charge in [0.05, 0.1) is 27.7 Å². The fraction of sp³-hybridized carbons (Fsp3) is 0.774. The molecular formula is C53H96NO8P. The second kappa shape index (κ2) is 44.9. The van der Waals surface area contributed by atoms with Gasteiger partial charge in [0.25, 0.3) is 7.82 Å². The first-order valence-corrected chi connectivity index (χ1v) is 27.0. The number of esters is 2. The lowest BCUT2D eigenvalue weighted by Crippen LogP contribution is -2.37. The van der Waals surface area contributed by atoms with Crippen LogP contribution in [-0.2, 0) is 32.7 Å². The Morgan fingerprint density at radius 2 is 0.857 bits per heavy atom. The molecule has 0 radical (unpaired) electrons. The van der Waals surface area contributed by atoms with Gasteiger partial charge in [0.1, 0.15) is 19.8 Å². The van der Waals surface area contributed by atoms with Crippen LogP contribution in [0.1, 0.15) is 213 Å². The Morgan fingerprint density at radius 3 is 1.29 bits per heavy atom. The smallest absolute Gasteiger partial charge is 0.306 e. The summed E-state index contributed by atoms with van der Waals surface area (Å²) in [6.07, 6.45) is 55.3. The molecule has 0 saturated carbocycles. The van der Waals surface area contributed by atoms with Crippen molar-refractivity contribution in [2.45, 2.75) is 219 Å². The summed E-state index contributed by atoms with van der Waals surface area (Å²) in [5, 5.41) is 0. The van der Waals surface area contributed by atoms with Crippen LogP contribution in [-0.4, -0.2) is 70.0 Å². The van der Waals surface area contributed by atoms with Gasteiger partial charge in [0.2, 0.25) is 0 Å². The molecule has 0 heterocycles. The van der Waals surface area contributed by atoms with Gasteiger partial charge in [-0.25, -0.2) is 0 Å². The van der Waals surface area contributed by atoms with Gasteiger partial charge in [-0.2, -0.15) is 0 Å². The fourth-order valence-electron chi connectivity index (χ4n) is 6.75. The molecule has 0 spiro atoms. The molecule has 0 aromatic rings. The van der Waals surface area contributed by atoms with E-state index < -0.39 is 32.5 Å². The van der Waals surface area contributed by atoms with Crippen molar-refractivity contribution >= 4 is 19.8 Å². The van der Waals surface area contributed by atoms with Gasteiger partial charge in [-0.3, -0.25) is 14.2 Å². The van der Waals surface area contributed by atoms with Crippen molar-refractivity contribution in [2.24, 2.45) is 0 Å². The normalized spacial score (nSPS) is 13.9. The first-order valence-electron chi connectivity index (χ1n) is 25.5. The van der Waals surface area contributed by atoms with E-state index in [9.17, 15) is 19.0 Å². The Morgan fingerprint density at radius 1 is 0.492 bits per heavy atom. The molecule has 63 heavy (non-hydrogen) atoms. The summed E-state index contributed by atoms with van der Waals surface area (Å²) in [5.41, 5.74) is 0. The van der Waals surface area contributed by atoms with Gasteiger partial charge in [-0.05, 0) is 83.5 Å². The van der Waals surface area contributed by atoms with E-state index in [1.807, 2.05) is 21.1 Å². The fourth-order valence-corrected chi connectivity index (χ4v) is 7.48. The van der Waals surface area contributed by atoms with Crippen molar-refractivity contribution in [3.8, 4) is 0 Å². The van der Waals surface area contributed by atoms with Crippen LogP contribution in [0.4, 0.5) is 0 Å². The highest BCUT2D eigenvalue weighted by atomic mass is 31.2. The predicted molar refractivity (Wildman–Crippen MR) is 263 cm³/mol. The zero-order chi connectivity index (χ0) is 46.4. The van der Waals surface area contributed by atoms with Crippen LogP contribution in [0.3, 0.4) is 0 Å². The van der Waals surface area contributed by atoms with E-state index in [4.69, 9.17) is 18.5 Å². The minimum atomic E-state index is -4.64. The second-order valence-corrected chi connectivity index (χ2v) is 19.6. The van der Waals surface area contributed by atoms with Crippen LogP contribution < -0.4 is 4.89 Å². The number of nitrogens with zero attached hydrogens (tertiary/aromatic N) is 1. The van der Waals surface area contributed by atoms with Gasteiger partial charge < -0.3 is 27.9 Å². The summed E-state index contributed by atoms with van der Waals surface area (Å²) >= 11 is 0. The molecule has 2 unspecified atom stereocenters. The van der Waals surface area contributed by atoms with E-state index in [-0.39, 0.29) is 26.1 Å². The zero-order valence-corrected chi connectivity index (χ0v) is 42.2. The quantitative estimate of drug-likeness (QED) is 0.0195. The molecule has 366 valence electrons. The molecule has 0 bridgehead atoms. The minimum absolute atomic E-state index is 0.0373. The van der Waals surface area contributed by atoms with Gasteiger partial charge >= 0.3 is 11.9 Å². The third-order valence-electron chi connectivity index (χ3n) is 10.8. The summed E-state index contributed by atoms with van der Waals surface area (Å²) < 4.78 is 34.0. The molecule has 0 aliphatic heterocycles. The summed E-state index contributed by atoms with van der Waals surface area (Å²) in [6, 6.07) is 0. The van der Waals surface area contributed by atoms with Crippen LogP contribution in [0.5, 0.6) is 0 Å². The number of carbonyl (C=O) groups is 2. The van der Waals surface area contributed by atoms with Gasteiger partial charge in [0.15, 0.2) is 6.10 Å². The number of rotatable bonds is 46. The average Bonchev–Trinajstić information content (AvgIpc) is 3.24. The van der Waals surface area contributed by atoms with Crippen LogP contribution in [0.2, 0.25) is 0 Å². The lowest BCUT2D eigenvalue weighted by atomic mass is 10.1. The number of ether oxygens (including phenoxy) is 2. The van der Waals surface area contributed by atoms with Crippen molar-refractivity contribution in [3.05, 3.63) is 60.8 Å². The number of phosphoric acid groups is 1. The molecule has 0 aliphatic carbocycles. The molecule has 2 atom stereocenters. The average molecular weight is 906 g/mol. The van der Waals surface area contributed by atoms with Crippen LogP contribution in [0.15, 0.2) is 60.8 Å². The van der Waals surface area contributed by atoms with E-state index in [1.54, 1.807) is 0 Å². The lowest BCUT2D eigenvalue weighted by Gasteiger charge is -2.28. The summed E-state index contributed by atoms with van der Waals surface area (Å²) in [6.45, 7) is 4.18. The predicted octanol–water partition coefficient (Wildman–Crippen LogP) is 14.6. The summed E-state index contributed by atoms with van der Waals surface area (Å²) in [5.74, 6) is -0.857. The Labute approximate surface area is 387 Å². The zero-order valence-electron chi connectivity index (χ0n) is 41.3. The third-order valence-corrected chi connectivity index (χ3v) is 11.7. The van der Waals surface area contributed by atoms with Crippen LogP contribution >= 0.6 is 7.82 Å². The topological polar surface area (TPSA) is 111 Å². The highest BCUT2D eigenvalue weighted by molar-refractivity contribution is 7.45. The van der Waals surface area contributed by atoms with Crippen molar-refractivity contribution in [2.75, 3.05) is 47.5 Å².